The van der Waals surface area contributed by atoms with Gasteiger partial charge in [0.2, 0.25) is 5.91 Å². The van der Waals surface area contributed by atoms with E-state index in [9.17, 15) is 4.79 Å². The molecule has 1 fully saturated rings. The molecule has 1 atom stereocenters. The van der Waals surface area contributed by atoms with Crippen molar-refractivity contribution < 1.29 is 4.79 Å². The molecule has 2 aromatic rings. The summed E-state index contributed by atoms with van der Waals surface area (Å²) in [6.45, 7) is 2.34. The SMILES string of the molecule is CN(C(=O)Cn1ccc2ccccc21)[C@H]1CCNC1. The first-order valence-electron chi connectivity index (χ1n) is 6.76. The molecule has 4 heteroatoms. The van der Waals surface area contributed by atoms with Gasteiger partial charge in [-0.2, -0.15) is 0 Å². The van der Waals surface area contributed by atoms with Gasteiger partial charge in [0.15, 0.2) is 0 Å². The third-order valence-electron chi connectivity index (χ3n) is 3.96. The lowest BCUT2D eigenvalue weighted by Crippen LogP contribution is -2.40. The molecular formula is C15H19N3O. The molecule has 1 aliphatic rings. The van der Waals surface area contributed by atoms with E-state index in [0.717, 1.165) is 25.0 Å². The van der Waals surface area contributed by atoms with Crippen molar-refractivity contribution in [2.24, 2.45) is 0 Å². The fourth-order valence-corrected chi connectivity index (χ4v) is 2.71. The van der Waals surface area contributed by atoms with Crippen molar-refractivity contribution in [2.45, 2.75) is 19.0 Å². The number of carbonyl (C=O) groups excluding carboxylic acids is 1. The second-order valence-corrected chi connectivity index (χ2v) is 5.15. The van der Waals surface area contributed by atoms with Gasteiger partial charge >= 0.3 is 0 Å². The van der Waals surface area contributed by atoms with Crippen LogP contribution in [0.15, 0.2) is 36.5 Å². The zero-order valence-electron chi connectivity index (χ0n) is 11.2. The van der Waals surface area contributed by atoms with Gasteiger partial charge in [-0.3, -0.25) is 4.79 Å². The Morgan fingerprint density at radius 1 is 1.42 bits per heavy atom. The minimum Gasteiger partial charge on any atom is -0.340 e. The van der Waals surface area contributed by atoms with E-state index in [0.29, 0.717) is 12.6 Å². The molecule has 2 heterocycles. The normalized spacial score (nSPS) is 18.9. The third kappa shape index (κ3) is 2.36. The Bertz CT molecular complexity index is 584. The summed E-state index contributed by atoms with van der Waals surface area (Å²) in [6, 6.07) is 10.5. The molecule has 0 aliphatic carbocycles. The van der Waals surface area contributed by atoms with Crippen LogP contribution in [0.2, 0.25) is 0 Å². The predicted octanol–water partition coefficient (Wildman–Crippen LogP) is 1.46. The van der Waals surface area contributed by atoms with Crippen LogP contribution in [-0.2, 0) is 11.3 Å². The average molecular weight is 257 g/mol. The first-order chi connectivity index (χ1) is 9.25. The summed E-state index contributed by atoms with van der Waals surface area (Å²) in [5.41, 5.74) is 1.12. The van der Waals surface area contributed by atoms with Gasteiger partial charge in [0.05, 0.1) is 0 Å². The fraction of sp³-hybridized carbons (Fsp3) is 0.400. The molecule has 1 aliphatic heterocycles. The first-order valence-corrected chi connectivity index (χ1v) is 6.76. The molecule has 1 aromatic heterocycles. The lowest BCUT2D eigenvalue weighted by Gasteiger charge is -2.24. The minimum atomic E-state index is 0.176. The van der Waals surface area contributed by atoms with Gasteiger partial charge < -0.3 is 14.8 Å². The van der Waals surface area contributed by atoms with Gasteiger partial charge in [-0.15, -0.1) is 0 Å². The molecule has 0 saturated carbocycles. The van der Waals surface area contributed by atoms with E-state index in [1.165, 1.54) is 5.39 Å². The Morgan fingerprint density at radius 3 is 3.05 bits per heavy atom. The summed E-state index contributed by atoms with van der Waals surface area (Å²) < 4.78 is 2.02. The molecule has 0 spiro atoms. The van der Waals surface area contributed by atoms with E-state index in [1.54, 1.807) is 0 Å². The number of likely N-dealkylation sites (N-methyl/N-ethyl adjacent to an activating group) is 1. The number of rotatable bonds is 3. The summed E-state index contributed by atoms with van der Waals surface area (Å²) in [4.78, 5) is 14.2. The zero-order chi connectivity index (χ0) is 13.2. The summed E-state index contributed by atoms with van der Waals surface area (Å²) in [5, 5.41) is 4.48. The summed E-state index contributed by atoms with van der Waals surface area (Å²) in [6.07, 6.45) is 3.04. The number of benzene rings is 1. The standard InChI is InChI=1S/C15H19N3O/c1-17(13-6-8-16-10-13)15(19)11-18-9-7-12-4-2-3-5-14(12)18/h2-5,7,9,13,16H,6,8,10-11H2,1H3/t13-/m0/s1. The quantitative estimate of drug-likeness (QED) is 0.904. The molecule has 0 radical (unpaired) electrons. The van der Waals surface area contributed by atoms with Crippen LogP contribution in [0.4, 0.5) is 0 Å². The highest BCUT2D eigenvalue weighted by Crippen LogP contribution is 2.15. The maximum atomic E-state index is 12.3. The maximum absolute atomic E-state index is 12.3. The van der Waals surface area contributed by atoms with Gasteiger partial charge in [-0.05, 0) is 30.5 Å². The Hall–Kier alpha value is -1.81. The smallest absolute Gasteiger partial charge is 0.242 e. The number of hydrogen-bond donors (Lipinski definition) is 1. The Balaban J connectivity index is 1.75. The van der Waals surface area contributed by atoms with Crippen molar-refractivity contribution in [3.63, 3.8) is 0 Å². The highest BCUT2D eigenvalue weighted by atomic mass is 16.2. The number of nitrogens with zero attached hydrogens (tertiary/aromatic N) is 2. The highest BCUT2D eigenvalue weighted by molar-refractivity contribution is 5.83. The second kappa shape index (κ2) is 5.05. The average Bonchev–Trinajstić information content (AvgIpc) is 3.08. The number of aromatic nitrogens is 1. The maximum Gasteiger partial charge on any atom is 0.242 e. The van der Waals surface area contributed by atoms with Gasteiger partial charge in [-0.25, -0.2) is 0 Å². The van der Waals surface area contributed by atoms with Crippen LogP contribution in [0.25, 0.3) is 10.9 Å². The topological polar surface area (TPSA) is 37.3 Å². The van der Waals surface area contributed by atoms with E-state index in [1.807, 2.05) is 34.8 Å². The third-order valence-corrected chi connectivity index (χ3v) is 3.96. The first kappa shape index (κ1) is 12.2. The summed E-state index contributed by atoms with van der Waals surface area (Å²) >= 11 is 0. The largest absolute Gasteiger partial charge is 0.340 e. The van der Waals surface area contributed by atoms with Crippen LogP contribution in [0.1, 0.15) is 6.42 Å². The molecule has 100 valence electrons. The summed E-state index contributed by atoms with van der Waals surface area (Å²) in [5.74, 6) is 0.176. The molecule has 1 aromatic carbocycles. The number of nitrogens with one attached hydrogen (secondary N) is 1. The van der Waals surface area contributed by atoms with E-state index in [2.05, 4.69) is 23.5 Å². The molecule has 1 amide bonds. The predicted molar refractivity (Wildman–Crippen MR) is 76.0 cm³/mol. The van der Waals surface area contributed by atoms with Crippen molar-refractivity contribution in [1.29, 1.82) is 0 Å². The van der Waals surface area contributed by atoms with E-state index < -0.39 is 0 Å². The second-order valence-electron chi connectivity index (χ2n) is 5.15. The number of hydrogen-bond acceptors (Lipinski definition) is 2. The van der Waals surface area contributed by atoms with Crippen molar-refractivity contribution in [2.75, 3.05) is 20.1 Å². The molecule has 3 rings (SSSR count). The van der Waals surface area contributed by atoms with Crippen molar-refractivity contribution in [3.05, 3.63) is 36.5 Å². The highest BCUT2D eigenvalue weighted by Gasteiger charge is 2.23. The van der Waals surface area contributed by atoms with Gasteiger partial charge in [-0.1, -0.05) is 18.2 Å². The summed E-state index contributed by atoms with van der Waals surface area (Å²) in [7, 11) is 1.91. The lowest BCUT2D eigenvalue weighted by atomic mass is 10.2. The number of amides is 1. The lowest BCUT2D eigenvalue weighted by molar-refractivity contribution is -0.132. The minimum absolute atomic E-state index is 0.176. The van der Waals surface area contributed by atoms with Crippen LogP contribution < -0.4 is 5.32 Å². The van der Waals surface area contributed by atoms with Crippen LogP contribution in [0, 0.1) is 0 Å². The van der Waals surface area contributed by atoms with Crippen molar-refractivity contribution >= 4 is 16.8 Å². The molecule has 19 heavy (non-hydrogen) atoms. The Morgan fingerprint density at radius 2 is 2.26 bits per heavy atom. The van der Waals surface area contributed by atoms with Crippen LogP contribution in [-0.4, -0.2) is 41.6 Å². The molecule has 1 saturated heterocycles. The zero-order valence-corrected chi connectivity index (χ0v) is 11.2. The van der Waals surface area contributed by atoms with Crippen LogP contribution in [0.3, 0.4) is 0 Å². The number of para-hydroxylation sites is 1. The van der Waals surface area contributed by atoms with Crippen molar-refractivity contribution in [3.8, 4) is 0 Å². The Kier molecular flexibility index (Phi) is 3.25. The van der Waals surface area contributed by atoms with Crippen molar-refractivity contribution in [1.82, 2.24) is 14.8 Å². The number of carbonyl (C=O) groups is 1. The molecule has 4 nitrogen and oxygen atoms in total. The molecule has 0 unspecified atom stereocenters. The number of fused-ring (bicyclic) bond motifs is 1. The van der Waals surface area contributed by atoms with Gasteiger partial charge in [0.1, 0.15) is 6.54 Å². The molecule has 0 bridgehead atoms. The fourth-order valence-electron chi connectivity index (χ4n) is 2.71. The van der Waals surface area contributed by atoms with Crippen LogP contribution >= 0.6 is 0 Å². The Labute approximate surface area is 113 Å². The van der Waals surface area contributed by atoms with E-state index >= 15 is 0 Å². The van der Waals surface area contributed by atoms with E-state index in [4.69, 9.17) is 0 Å². The van der Waals surface area contributed by atoms with Gasteiger partial charge in [0.25, 0.3) is 0 Å². The van der Waals surface area contributed by atoms with E-state index in [-0.39, 0.29) is 5.91 Å². The van der Waals surface area contributed by atoms with Gasteiger partial charge in [0, 0.05) is 31.3 Å². The monoisotopic (exact) mass is 257 g/mol. The van der Waals surface area contributed by atoms with Crippen LogP contribution in [0.5, 0.6) is 0 Å². The molecular weight excluding hydrogens is 238 g/mol. The molecule has 1 N–H and O–H groups in total.